The lowest BCUT2D eigenvalue weighted by molar-refractivity contribution is -0.131. The van der Waals surface area contributed by atoms with Gasteiger partial charge in [-0.15, -0.1) is 0 Å². The summed E-state index contributed by atoms with van der Waals surface area (Å²) in [7, 11) is 0. The maximum atomic E-state index is 13.0. The second-order valence-corrected chi connectivity index (χ2v) is 4.61. The minimum absolute atomic E-state index is 0.279. The van der Waals surface area contributed by atoms with Crippen LogP contribution in [0.1, 0.15) is 18.1 Å². The van der Waals surface area contributed by atoms with Crippen LogP contribution in [-0.4, -0.2) is 11.1 Å². The van der Waals surface area contributed by atoms with Crippen LogP contribution in [0, 0.1) is 5.82 Å². The summed E-state index contributed by atoms with van der Waals surface area (Å²) in [4.78, 5) is 10.6. The molecule has 2 aromatic rings. The topological polar surface area (TPSA) is 46.5 Å². The van der Waals surface area contributed by atoms with Gasteiger partial charge in [-0.3, -0.25) is 0 Å². The molecule has 0 radical (unpaired) electrons. The van der Waals surface area contributed by atoms with Gasteiger partial charge < -0.3 is 9.84 Å². The van der Waals surface area contributed by atoms with E-state index in [1.807, 2.05) is 0 Å². The summed E-state index contributed by atoms with van der Waals surface area (Å²) in [5.41, 5.74) is 2.23. The molecule has 2 rings (SSSR count). The maximum Gasteiger partial charge on any atom is 0.328 e. The van der Waals surface area contributed by atoms with Crippen LogP contribution in [0.4, 0.5) is 4.39 Å². The molecule has 0 aliphatic heterocycles. The summed E-state index contributed by atoms with van der Waals surface area (Å²) in [6.07, 6.45) is 1.16. The molecule has 0 spiro atoms. The zero-order valence-corrected chi connectivity index (χ0v) is 11.5. The summed E-state index contributed by atoms with van der Waals surface area (Å²) >= 11 is 0. The molecule has 0 aliphatic carbocycles. The fourth-order valence-electron chi connectivity index (χ4n) is 1.88. The minimum atomic E-state index is -0.973. The lowest BCUT2D eigenvalue weighted by Gasteiger charge is -2.07. The number of rotatable bonds is 5. The molecular formula is C17H15FO3. The zero-order chi connectivity index (χ0) is 15.2. The molecule has 1 N–H and O–H groups in total. The first-order valence-electron chi connectivity index (χ1n) is 6.43. The largest absolute Gasteiger partial charge is 0.489 e. The fraction of sp³-hybridized carbons (Fsp3) is 0.118. The van der Waals surface area contributed by atoms with Crippen LogP contribution in [0.2, 0.25) is 0 Å². The van der Waals surface area contributed by atoms with Crippen molar-refractivity contribution in [3.8, 4) is 5.75 Å². The van der Waals surface area contributed by atoms with Crippen LogP contribution in [0.3, 0.4) is 0 Å². The number of carbonyl (C=O) groups is 1. The van der Waals surface area contributed by atoms with Gasteiger partial charge in [0.05, 0.1) is 0 Å². The fourth-order valence-corrected chi connectivity index (χ4v) is 1.88. The lowest BCUT2D eigenvalue weighted by atomic mass is 10.1. The van der Waals surface area contributed by atoms with E-state index in [0.29, 0.717) is 11.3 Å². The van der Waals surface area contributed by atoms with Gasteiger partial charge in [0.25, 0.3) is 0 Å². The Morgan fingerprint density at radius 2 is 1.95 bits per heavy atom. The summed E-state index contributed by atoms with van der Waals surface area (Å²) < 4.78 is 18.6. The second kappa shape index (κ2) is 6.70. The predicted octanol–water partition coefficient (Wildman–Crippen LogP) is 3.89. The molecular weight excluding hydrogens is 271 g/mol. The summed E-state index contributed by atoms with van der Waals surface area (Å²) in [6, 6.07) is 13.3. The Balaban J connectivity index is 2.01. The molecule has 21 heavy (non-hydrogen) atoms. The van der Waals surface area contributed by atoms with E-state index in [1.165, 1.54) is 12.1 Å². The van der Waals surface area contributed by atoms with Gasteiger partial charge in [-0.05, 0) is 47.9 Å². The monoisotopic (exact) mass is 286 g/mol. The third kappa shape index (κ3) is 4.45. The third-order valence-corrected chi connectivity index (χ3v) is 2.94. The van der Waals surface area contributed by atoms with Crippen molar-refractivity contribution in [3.05, 3.63) is 71.6 Å². The Morgan fingerprint density at radius 3 is 2.57 bits per heavy atom. The number of hydrogen-bond acceptors (Lipinski definition) is 2. The van der Waals surface area contributed by atoms with Crippen molar-refractivity contribution in [2.75, 3.05) is 0 Å². The Hall–Kier alpha value is -2.62. The van der Waals surface area contributed by atoms with Crippen molar-refractivity contribution in [1.29, 1.82) is 0 Å². The lowest BCUT2D eigenvalue weighted by Crippen LogP contribution is -1.96. The quantitative estimate of drug-likeness (QED) is 0.848. The predicted molar refractivity (Wildman–Crippen MR) is 78.5 cm³/mol. The third-order valence-electron chi connectivity index (χ3n) is 2.94. The summed E-state index contributed by atoms with van der Waals surface area (Å²) in [5, 5.41) is 8.70. The molecule has 0 atom stereocenters. The number of aliphatic carboxylic acids is 1. The van der Waals surface area contributed by atoms with Gasteiger partial charge in [0.2, 0.25) is 0 Å². The zero-order valence-electron chi connectivity index (χ0n) is 11.5. The van der Waals surface area contributed by atoms with Crippen LogP contribution in [0.25, 0.3) is 5.57 Å². The van der Waals surface area contributed by atoms with Crippen LogP contribution >= 0.6 is 0 Å². The maximum absolute atomic E-state index is 13.0. The first-order valence-corrected chi connectivity index (χ1v) is 6.43. The molecule has 108 valence electrons. The Bertz CT molecular complexity index is 660. The second-order valence-electron chi connectivity index (χ2n) is 4.61. The van der Waals surface area contributed by atoms with Gasteiger partial charge in [-0.1, -0.05) is 24.3 Å². The smallest absolute Gasteiger partial charge is 0.328 e. The molecule has 4 heteroatoms. The molecule has 2 aromatic carbocycles. The van der Waals surface area contributed by atoms with Crippen molar-refractivity contribution < 1.29 is 19.0 Å². The van der Waals surface area contributed by atoms with Crippen molar-refractivity contribution in [2.45, 2.75) is 13.5 Å². The number of allylic oxidation sites excluding steroid dienone is 1. The molecule has 0 saturated carbocycles. The number of halogens is 1. The normalized spacial score (nSPS) is 11.2. The van der Waals surface area contributed by atoms with E-state index in [9.17, 15) is 9.18 Å². The highest BCUT2D eigenvalue weighted by molar-refractivity contribution is 5.89. The van der Waals surface area contributed by atoms with Gasteiger partial charge in [-0.2, -0.15) is 0 Å². The van der Waals surface area contributed by atoms with Crippen molar-refractivity contribution in [3.63, 3.8) is 0 Å². The molecule has 0 saturated heterocycles. The van der Waals surface area contributed by atoms with Crippen LogP contribution in [0.5, 0.6) is 5.75 Å². The highest BCUT2D eigenvalue weighted by Gasteiger charge is 2.01. The average molecular weight is 286 g/mol. The first-order chi connectivity index (χ1) is 10.0. The van der Waals surface area contributed by atoms with E-state index in [0.717, 1.165) is 17.2 Å². The number of carboxylic acid groups (broad SMARTS) is 1. The number of benzene rings is 2. The highest BCUT2D eigenvalue weighted by Crippen LogP contribution is 2.19. The molecule has 0 amide bonds. The molecule has 0 heterocycles. The Labute approximate surface area is 122 Å². The molecule has 0 aromatic heterocycles. The number of ether oxygens (including phenoxy) is 1. The Kier molecular flexibility index (Phi) is 4.72. The van der Waals surface area contributed by atoms with E-state index < -0.39 is 5.97 Å². The van der Waals surface area contributed by atoms with E-state index in [2.05, 4.69) is 0 Å². The number of carboxylic acids is 1. The molecule has 0 bridgehead atoms. The Morgan fingerprint density at radius 1 is 1.24 bits per heavy atom. The molecule has 3 nitrogen and oxygen atoms in total. The van der Waals surface area contributed by atoms with Gasteiger partial charge in [0, 0.05) is 6.08 Å². The van der Waals surface area contributed by atoms with E-state index in [-0.39, 0.29) is 12.4 Å². The van der Waals surface area contributed by atoms with E-state index >= 15 is 0 Å². The highest BCUT2D eigenvalue weighted by atomic mass is 19.1. The molecule has 0 fully saturated rings. The van der Waals surface area contributed by atoms with Gasteiger partial charge in [-0.25, -0.2) is 9.18 Å². The van der Waals surface area contributed by atoms with E-state index in [1.54, 1.807) is 43.3 Å². The van der Waals surface area contributed by atoms with Crippen molar-refractivity contribution >= 4 is 11.5 Å². The van der Waals surface area contributed by atoms with Gasteiger partial charge >= 0.3 is 5.97 Å². The molecule has 0 unspecified atom stereocenters. The summed E-state index contributed by atoms with van der Waals surface area (Å²) in [6.45, 7) is 2.01. The SMILES string of the molecule is C/C(=C/C(=O)O)c1ccc(OCc2cccc(F)c2)cc1. The summed E-state index contributed by atoms with van der Waals surface area (Å²) in [5.74, 6) is -0.619. The van der Waals surface area contributed by atoms with Gasteiger partial charge in [0.1, 0.15) is 18.2 Å². The average Bonchev–Trinajstić information content (AvgIpc) is 2.45. The van der Waals surface area contributed by atoms with E-state index in [4.69, 9.17) is 9.84 Å². The van der Waals surface area contributed by atoms with Crippen molar-refractivity contribution in [2.24, 2.45) is 0 Å². The van der Waals surface area contributed by atoms with Crippen molar-refractivity contribution in [1.82, 2.24) is 0 Å². The standard InChI is InChI=1S/C17H15FO3/c1-12(9-17(19)20)14-5-7-16(8-6-14)21-11-13-3-2-4-15(18)10-13/h2-10H,11H2,1H3,(H,19,20)/b12-9-. The minimum Gasteiger partial charge on any atom is -0.489 e. The molecule has 0 aliphatic rings. The van der Waals surface area contributed by atoms with Crippen LogP contribution < -0.4 is 4.74 Å². The van der Waals surface area contributed by atoms with Crippen LogP contribution in [0.15, 0.2) is 54.6 Å². The van der Waals surface area contributed by atoms with Gasteiger partial charge in [0.15, 0.2) is 0 Å². The number of hydrogen-bond donors (Lipinski definition) is 1. The van der Waals surface area contributed by atoms with Crippen LogP contribution in [-0.2, 0) is 11.4 Å². The first kappa shape index (κ1) is 14.8.